The number of rotatable bonds is 1. The van der Waals surface area contributed by atoms with Crippen molar-refractivity contribution >= 4 is 12.6 Å². The van der Waals surface area contributed by atoms with Gasteiger partial charge in [-0.1, -0.05) is 5.98 Å². The summed E-state index contributed by atoms with van der Waals surface area (Å²) >= 11 is 0. The maximum absolute atomic E-state index is 10.1. The van der Waals surface area contributed by atoms with E-state index in [1.165, 1.54) is 12.2 Å². The van der Waals surface area contributed by atoms with Gasteiger partial charge in [0, 0.05) is 0 Å². The Balaban J connectivity index is 2.48. The number of carboxylic acid groups (broad SMARTS) is 1. The van der Waals surface area contributed by atoms with Crippen LogP contribution in [-0.2, 0) is 4.74 Å². The highest BCUT2D eigenvalue weighted by Crippen LogP contribution is 1.97. The fraction of sp³-hybridized carbons (Fsp3) is 0.250. The maximum atomic E-state index is 10.1. The van der Waals surface area contributed by atoms with Crippen molar-refractivity contribution < 1.29 is 14.6 Å². The highest BCUT2D eigenvalue weighted by atomic mass is 16.5. The van der Waals surface area contributed by atoms with Crippen LogP contribution in [0.15, 0.2) is 12.2 Å². The molecule has 3 nitrogen and oxygen atoms in total. The Labute approximate surface area is 47.0 Å². The molecule has 0 saturated carbocycles. The van der Waals surface area contributed by atoms with Crippen molar-refractivity contribution in [3.8, 4) is 0 Å². The van der Waals surface area contributed by atoms with E-state index in [0.29, 0.717) is 0 Å². The van der Waals surface area contributed by atoms with E-state index in [-0.39, 0.29) is 6.51 Å². The first-order valence-electron chi connectivity index (χ1n) is 2.32. The van der Waals surface area contributed by atoms with Gasteiger partial charge in [-0.3, -0.25) is 4.79 Å². The zero-order valence-corrected chi connectivity index (χ0v) is 4.20. The van der Waals surface area contributed by atoms with Crippen molar-refractivity contribution in [1.29, 1.82) is 0 Å². The van der Waals surface area contributed by atoms with E-state index in [2.05, 4.69) is 4.74 Å². The molecule has 0 fully saturated rings. The molecule has 1 aliphatic rings. The van der Waals surface area contributed by atoms with E-state index in [4.69, 9.17) is 5.11 Å². The van der Waals surface area contributed by atoms with Gasteiger partial charge in [-0.15, -0.1) is 0 Å². The van der Waals surface area contributed by atoms with Gasteiger partial charge in [0.05, 0.1) is 12.8 Å². The second-order valence-electron chi connectivity index (χ2n) is 1.61. The molecule has 4 heteroatoms. The fourth-order valence-corrected chi connectivity index (χ4v) is 0.519. The van der Waals surface area contributed by atoms with Crippen molar-refractivity contribution in [3.05, 3.63) is 12.2 Å². The van der Waals surface area contributed by atoms with Gasteiger partial charge in [0.25, 0.3) is 5.87 Å². The van der Waals surface area contributed by atoms with Gasteiger partial charge < -0.3 is 9.84 Å². The summed E-state index contributed by atoms with van der Waals surface area (Å²) in [6.07, 6.45) is 1.42. The lowest BCUT2D eigenvalue weighted by molar-refractivity contribution is 0.217. The van der Waals surface area contributed by atoms with Crippen LogP contribution in [0.1, 0.15) is 0 Å². The lowest BCUT2D eigenvalue weighted by Gasteiger charge is -1.90. The minimum absolute atomic E-state index is 0.287. The minimum atomic E-state index is -0.821. The van der Waals surface area contributed by atoms with Gasteiger partial charge in [0.15, 0.2) is 0 Å². The standard InChI is InChI=1S/C4H5BO3/c6-4(7)5-1-2-8-3-5/h1-2H,3H2,(H,6,7). The van der Waals surface area contributed by atoms with Crippen LogP contribution >= 0.6 is 0 Å². The van der Waals surface area contributed by atoms with Crippen LogP contribution in [0.5, 0.6) is 0 Å². The Hall–Kier alpha value is -0.925. The zero-order valence-electron chi connectivity index (χ0n) is 4.20. The summed E-state index contributed by atoms with van der Waals surface area (Å²) in [7, 11) is 0. The summed E-state index contributed by atoms with van der Waals surface area (Å²) in [5, 5.41) is 8.28. The van der Waals surface area contributed by atoms with Crippen LogP contribution in [0.2, 0.25) is 0 Å². The molecule has 0 aromatic carbocycles. The maximum Gasteiger partial charge on any atom is 0.347 e. The normalized spacial score (nSPS) is 16.2. The summed E-state index contributed by atoms with van der Waals surface area (Å²) in [4.78, 5) is 10.1. The van der Waals surface area contributed by atoms with E-state index in [1.807, 2.05) is 0 Å². The lowest BCUT2D eigenvalue weighted by Crippen LogP contribution is -2.23. The molecule has 0 radical (unpaired) electrons. The third-order valence-electron chi connectivity index (χ3n) is 1.00. The lowest BCUT2D eigenvalue weighted by atomic mass is 9.52. The Kier molecular flexibility index (Phi) is 1.24. The molecule has 1 aliphatic heterocycles. The first-order valence-corrected chi connectivity index (χ1v) is 2.32. The molecule has 0 unspecified atom stereocenters. The molecule has 8 heavy (non-hydrogen) atoms. The van der Waals surface area contributed by atoms with Crippen LogP contribution < -0.4 is 0 Å². The van der Waals surface area contributed by atoms with Gasteiger partial charge in [-0.2, -0.15) is 0 Å². The molecule has 0 aromatic heterocycles. The largest absolute Gasteiger partial charge is 0.509 e. The first-order chi connectivity index (χ1) is 3.80. The van der Waals surface area contributed by atoms with E-state index >= 15 is 0 Å². The molecule has 1 N–H and O–H groups in total. The molecule has 0 aliphatic carbocycles. The summed E-state index contributed by atoms with van der Waals surface area (Å²) < 4.78 is 4.66. The SMILES string of the molecule is O=C(O)B1C=COC1. The quantitative estimate of drug-likeness (QED) is 0.498. The molecule has 0 amide bonds. The average Bonchev–Trinajstić information content (AvgIpc) is 2.12. The van der Waals surface area contributed by atoms with Crippen molar-refractivity contribution in [2.24, 2.45) is 0 Å². The predicted molar refractivity (Wildman–Crippen MR) is 28.9 cm³/mol. The van der Waals surface area contributed by atoms with Crippen molar-refractivity contribution in [2.75, 3.05) is 6.51 Å². The van der Waals surface area contributed by atoms with Crippen LogP contribution in [0.3, 0.4) is 0 Å². The van der Waals surface area contributed by atoms with Gasteiger partial charge in [-0.25, -0.2) is 0 Å². The topological polar surface area (TPSA) is 46.5 Å². The molecule has 0 bridgehead atoms. The Morgan fingerprint density at radius 1 is 1.88 bits per heavy atom. The third-order valence-corrected chi connectivity index (χ3v) is 1.00. The zero-order chi connectivity index (χ0) is 5.98. The second kappa shape index (κ2) is 1.90. The van der Waals surface area contributed by atoms with Crippen molar-refractivity contribution in [1.82, 2.24) is 0 Å². The molecule has 42 valence electrons. The van der Waals surface area contributed by atoms with Crippen LogP contribution in [0.4, 0.5) is 4.79 Å². The molecular formula is C4H5BO3. The molecule has 1 rings (SSSR count). The Bertz CT molecular complexity index is 131. The minimum Gasteiger partial charge on any atom is -0.509 e. The third kappa shape index (κ3) is 0.830. The molecule has 0 saturated heterocycles. The van der Waals surface area contributed by atoms with Crippen LogP contribution in [0, 0.1) is 0 Å². The number of carbonyl (C=O) groups is 1. The van der Waals surface area contributed by atoms with Crippen LogP contribution in [0.25, 0.3) is 0 Å². The number of hydrogen-bond acceptors (Lipinski definition) is 2. The van der Waals surface area contributed by atoms with E-state index in [0.717, 1.165) is 0 Å². The average molecular weight is 112 g/mol. The van der Waals surface area contributed by atoms with E-state index in [1.54, 1.807) is 0 Å². The molecular weight excluding hydrogens is 107 g/mol. The Morgan fingerprint density at radius 2 is 2.62 bits per heavy atom. The Morgan fingerprint density at radius 3 is 2.88 bits per heavy atom. The molecule has 1 heterocycles. The summed E-state index contributed by atoms with van der Waals surface area (Å²) in [6.45, 7) is -0.134. The highest BCUT2D eigenvalue weighted by Gasteiger charge is 2.23. The van der Waals surface area contributed by atoms with Gasteiger partial charge in [-0.05, 0) is 0 Å². The fourth-order valence-electron chi connectivity index (χ4n) is 0.519. The molecule has 0 atom stereocenters. The number of hydrogen-bond donors (Lipinski definition) is 1. The highest BCUT2D eigenvalue weighted by molar-refractivity contribution is 6.92. The summed E-state index contributed by atoms with van der Waals surface area (Å²) in [5.41, 5.74) is 0. The summed E-state index contributed by atoms with van der Waals surface area (Å²) in [5.74, 6) is 0.709. The smallest absolute Gasteiger partial charge is 0.347 e. The van der Waals surface area contributed by atoms with E-state index < -0.39 is 12.6 Å². The van der Waals surface area contributed by atoms with Gasteiger partial charge in [0.2, 0.25) is 0 Å². The molecule has 0 spiro atoms. The first kappa shape index (κ1) is 5.22. The van der Waals surface area contributed by atoms with Gasteiger partial charge >= 0.3 is 6.71 Å². The van der Waals surface area contributed by atoms with Crippen molar-refractivity contribution in [2.45, 2.75) is 0 Å². The predicted octanol–water partition coefficient (Wildman–Crippen LogP) is 0.363. The molecule has 0 aromatic rings. The number of ether oxygens (including phenoxy) is 1. The monoisotopic (exact) mass is 112 g/mol. The summed E-state index contributed by atoms with van der Waals surface area (Å²) in [6, 6.07) is 0. The van der Waals surface area contributed by atoms with E-state index in [9.17, 15) is 4.79 Å². The van der Waals surface area contributed by atoms with Crippen molar-refractivity contribution in [3.63, 3.8) is 0 Å². The van der Waals surface area contributed by atoms with Gasteiger partial charge in [0.1, 0.15) is 0 Å². The van der Waals surface area contributed by atoms with Crippen LogP contribution in [-0.4, -0.2) is 24.2 Å². The second-order valence-corrected chi connectivity index (χ2v) is 1.61.